The smallest absolute Gasteiger partial charge is 0.323 e. The molecule has 18 heavy (non-hydrogen) atoms. The lowest BCUT2D eigenvalue weighted by atomic mass is 9.97. The summed E-state index contributed by atoms with van der Waals surface area (Å²) >= 11 is 0. The summed E-state index contributed by atoms with van der Waals surface area (Å²) in [5.74, 6) is -1.12. The fourth-order valence-corrected chi connectivity index (χ4v) is 1.76. The van der Waals surface area contributed by atoms with Crippen LogP contribution < -0.4 is 5.32 Å². The highest BCUT2D eigenvalue weighted by Crippen LogP contribution is 2.25. The maximum atomic E-state index is 11.0. The number of aromatic hydroxyl groups is 1. The van der Waals surface area contributed by atoms with Crippen LogP contribution in [0.4, 0.5) is 0 Å². The van der Waals surface area contributed by atoms with E-state index in [1.807, 2.05) is 0 Å². The van der Waals surface area contributed by atoms with Crippen molar-refractivity contribution in [3.63, 3.8) is 0 Å². The molecular weight excluding hydrogens is 238 g/mol. The van der Waals surface area contributed by atoms with Gasteiger partial charge in [-0.1, -0.05) is 6.07 Å². The van der Waals surface area contributed by atoms with Crippen LogP contribution in [-0.2, 0) is 16.1 Å². The van der Waals surface area contributed by atoms with Gasteiger partial charge in [-0.3, -0.25) is 4.79 Å². The van der Waals surface area contributed by atoms with E-state index in [1.54, 1.807) is 0 Å². The van der Waals surface area contributed by atoms with Gasteiger partial charge in [0.15, 0.2) is 0 Å². The molecule has 0 aliphatic rings. The van der Waals surface area contributed by atoms with Crippen LogP contribution in [0.25, 0.3) is 0 Å². The monoisotopic (exact) mass is 255 g/mol. The third-order valence-electron chi connectivity index (χ3n) is 2.64. The topological polar surface area (TPSA) is 99.0 Å². The minimum atomic E-state index is -1.22. The predicted molar refractivity (Wildman–Crippen MR) is 64.3 cm³/mol. The molecule has 6 nitrogen and oxygen atoms in total. The molecule has 0 spiro atoms. The number of carboxylic acids is 1. The number of ether oxygens (including phenoxy) is 1. The van der Waals surface area contributed by atoms with Crippen molar-refractivity contribution < 1.29 is 24.9 Å². The normalized spacial score (nSPS) is 14.2. The van der Waals surface area contributed by atoms with Gasteiger partial charge in [0.1, 0.15) is 17.9 Å². The van der Waals surface area contributed by atoms with E-state index < -0.39 is 18.1 Å². The van der Waals surface area contributed by atoms with Crippen molar-refractivity contribution in [3.8, 4) is 5.75 Å². The molecule has 0 amide bonds. The molecule has 100 valence electrons. The average Bonchev–Trinajstić information content (AvgIpc) is 2.29. The lowest BCUT2D eigenvalue weighted by Crippen LogP contribution is -2.39. The first-order valence-corrected chi connectivity index (χ1v) is 5.40. The molecule has 1 rings (SSSR count). The molecule has 0 aliphatic carbocycles. The summed E-state index contributed by atoms with van der Waals surface area (Å²) in [6, 6.07) is 3.20. The van der Waals surface area contributed by atoms with Crippen molar-refractivity contribution in [3.05, 3.63) is 29.3 Å². The molecule has 0 heterocycles. The van der Waals surface area contributed by atoms with Gasteiger partial charge in [-0.25, -0.2) is 0 Å². The number of hydrogen-bond donors (Lipinski definition) is 4. The van der Waals surface area contributed by atoms with Crippen LogP contribution in [0.5, 0.6) is 5.75 Å². The summed E-state index contributed by atoms with van der Waals surface area (Å²) < 4.78 is 4.96. The fraction of sp³-hybridized carbons (Fsp3) is 0.417. The third-order valence-corrected chi connectivity index (χ3v) is 2.64. The molecule has 0 aliphatic heterocycles. The minimum Gasteiger partial charge on any atom is -0.508 e. The lowest BCUT2D eigenvalue weighted by Gasteiger charge is -2.21. The summed E-state index contributed by atoms with van der Waals surface area (Å²) in [7, 11) is 2.94. The number of carboxylic acid groups (broad SMARTS) is 1. The number of aliphatic hydroxyl groups is 1. The number of phenols is 1. The molecular formula is C12H17NO5. The Morgan fingerprint density at radius 2 is 2.17 bits per heavy atom. The van der Waals surface area contributed by atoms with E-state index in [9.17, 15) is 15.0 Å². The first kappa shape index (κ1) is 14.4. The summed E-state index contributed by atoms with van der Waals surface area (Å²) in [5.41, 5.74) is 0.961. The molecule has 4 N–H and O–H groups in total. The van der Waals surface area contributed by atoms with Crippen LogP contribution in [0.1, 0.15) is 17.2 Å². The Morgan fingerprint density at radius 1 is 1.50 bits per heavy atom. The highest BCUT2D eigenvalue weighted by molar-refractivity contribution is 5.74. The number of carbonyl (C=O) groups is 1. The second kappa shape index (κ2) is 6.34. The SMILES string of the molecule is CN[C@H](C(=O)O)C(O)c1ccc(O)cc1COC. The van der Waals surface area contributed by atoms with Gasteiger partial charge in [0.2, 0.25) is 0 Å². The van der Waals surface area contributed by atoms with Crippen LogP contribution >= 0.6 is 0 Å². The van der Waals surface area contributed by atoms with E-state index >= 15 is 0 Å². The Bertz CT molecular complexity index is 421. The Hall–Kier alpha value is -1.63. The summed E-state index contributed by atoms with van der Waals surface area (Å²) in [5, 5.41) is 31.0. The van der Waals surface area contributed by atoms with Gasteiger partial charge in [0.25, 0.3) is 0 Å². The van der Waals surface area contributed by atoms with Gasteiger partial charge in [-0.05, 0) is 30.3 Å². The molecule has 1 aromatic carbocycles. The van der Waals surface area contributed by atoms with Crippen LogP contribution in [0.2, 0.25) is 0 Å². The lowest BCUT2D eigenvalue weighted by molar-refractivity contribution is -0.142. The largest absolute Gasteiger partial charge is 0.508 e. The van der Waals surface area contributed by atoms with Crippen molar-refractivity contribution in [2.45, 2.75) is 18.8 Å². The van der Waals surface area contributed by atoms with Crippen LogP contribution in [-0.4, -0.2) is 41.5 Å². The van der Waals surface area contributed by atoms with E-state index in [2.05, 4.69) is 5.32 Å². The number of nitrogens with one attached hydrogen (secondary N) is 1. The van der Waals surface area contributed by atoms with E-state index in [0.29, 0.717) is 11.1 Å². The molecule has 0 fully saturated rings. The predicted octanol–water partition coefficient (Wildman–Crippen LogP) is 0.245. The standard InChI is InChI=1S/C12H17NO5/c1-13-10(12(16)17)11(15)9-4-3-8(14)5-7(9)6-18-2/h3-5,10-11,13-15H,6H2,1-2H3,(H,16,17)/t10-,11?/m0/s1. The van der Waals surface area contributed by atoms with Gasteiger partial charge in [0, 0.05) is 7.11 Å². The van der Waals surface area contributed by atoms with E-state index in [1.165, 1.54) is 32.4 Å². The van der Waals surface area contributed by atoms with Gasteiger partial charge < -0.3 is 25.4 Å². The molecule has 0 saturated heterocycles. The number of aliphatic hydroxyl groups excluding tert-OH is 1. The highest BCUT2D eigenvalue weighted by Gasteiger charge is 2.27. The van der Waals surface area contributed by atoms with Gasteiger partial charge in [0.05, 0.1) is 6.61 Å². The molecule has 1 aromatic rings. The van der Waals surface area contributed by atoms with E-state index in [4.69, 9.17) is 9.84 Å². The van der Waals surface area contributed by atoms with Crippen molar-refractivity contribution in [1.29, 1.82) is 0 Å². The zero-order valence-electron chi connectivity index (χ0n) is 10.3. The van der Waals surface area contributed by atoms with Gasteiger partial charge in [-0.2, -0.15) is 0 Å². The zero-order chi connectivity index (χ0) is 13.7. The van der Waals surface area contributed by atoms with Crippen molar-refractivity contribution in [1.82, 2.24) is 5.32 Å². The van der Waals surface area contributed by atoms with Crippen LogP contribution in [0.3, 0.4) is 0 Å². The molecule has 0 radical (unpaired) electrons. The third kappa shape index (κ3) is 3.19. The minimum absolute atomic E-state index is 0.0364. The van der Waals surface area contributed by atoms with E-state index in [0.717, 1.165) is 0 Å². The van der Waals surface area contributed by atoms with Crippen molar-refractivity contribution in [2.24, 2.45) is 0 Å². The van der Waals surface area contributed by atoms with Crippen LogP contribution in [0, 0.1) is 0 Å². The average molecular weight is 255 g/mol. The second-order valence-electron chi connectivity index (χ2n) is 3.87. The maximum Gasteiger partial charge on any atom is 0.323 e. The van der Waals surface area contributed by atoms with Gasteiger partial charge >= 0.3 is 5.97 Å². The number of methoxy groups -OCH3 is 1. The summed E-state index contributed by atoms with van der Waals surface area (Å²) in [6.07, 6.45) is -1.22. The quantitative estimate of drug-likeness (QED) is 0.581. The Balaban J connectivity index is 3.10. The Kier molecular flexibility index (Phi) is 5.08. The highest BCUT2D eigenvalue weighted by atomic mass is 16.5. The number of aliphatic carboxylic acids is 1. The molecule has 0 aromatic heterocycles. The molecule has 0 saturated carbocycles. The Labute approximate surface area is 105 Å². The van der Waals surface area contributed by atoms with E-state index in [-0.39, 0.29) is 12.4 Å². The summed E-state index contributed by atoms with van der Waals surface area (Å²) in [4.78, 5) is 11.0. The number of likely N-dealkylation sites (N-methyl/N-ethyl adjacent to an activating group) is 1. The first-order valence-electron chi connectivity index (χ1n) is 5.40. The number of hydrogen-bond acceptors (Lipinski definition) is 5. The summed E-state index contributed by atoms with van der Waals surface area (Å²) in [6.45, 7) is 0.177. The number of phenolic OH excluding ortho intramolecular Hbond substituents is 1. The second-order valence-corrected chi connectivity index (χ2v) is 3.87. The fourth-order valence-electron chi connectivity index (χ4n) is 1.76. The first-order chi connectivity index (χ1) is 8.51. The van der Waals surface area contributed by atoms with Crippen molar-refractivity contribution >= 4 is 5.97 Å². The van der Waals surface area contributed by atoms with Crippen molar-refractivity contribution in [2.75, 3.05) is 14.2 Å². The van der Waals surface area contributed by atoms with Crippen LogP contribution in [0.15, 0.2) is 18.2 Å². The maximum absolute atomic E-state index is 11.0. The molecule has 2 atom stereocenters. The number of rotatable bonds is 6. The zero-order valence-corrected chi connectivity index (χ0v) is 10.3. The Morgan fingerprint density at radius 3 is 2.67 bits per heavy atom. The molecule has 6 heteroatoms. The van der Waals surface area contributed by atoms with Gasteiger partial charge in [-0.15, -0.1) is 0 Å². The molecule has 0 bridgehead atoms. The molecule has 1 unspecified atom stereocenters. The number of benzene rings is 1.